The van der Waals surface area contributed by atoms with E-state index in [9.17, 15) is 14.0 Å². The first-order chi connectivity index (χ1) is 12.4. The number of anilines is 1. The van der Waals surface area contributed by atoms with Gasteiger partial charge in [0.15, 0.2) is 0 Å². The quantitative estimate of drug-likeness (QED) is 0.776. The van der Waals surface area contributed by atoms with E-state index in [2.05, 4.69) is 5.32 Å². The van der Waals surface area contributed by atoms with Crippen molar-refractivity contribution in [2.24, 2.45) is 0 Å². The third-order valence-electron chi connectivity index (χ3n) is 4.21. The van der Waals surface area contributed by atoms with Crippen LogP contribution in [0.3, 0.4) is 0 Å². The Bertz CT molecular complexity index is 1010. The number of carbonyl (C=O) groups excluding carboxylic acids is 1. The lowest BCUT2D eigenvalue weighted by Crippen LogP contribution is -2.29. The summed E-state index contributed by atoms with van der Waals surface area (Å²) in [6.45, 7) is 4.38. The van der Waals surface area contributed by atoms with Crippen LogP contribution in [0.5, 0.6) is 0 Å². The smallest absolute Gasteiger partial charge is 0.263 e. The van der Waals surface area contributed by atoms with Crippen molar-refractivity contribution < 1.29 is 9.18 Å². The molecule has 0 unspecified atom stereocenters. The molecule has 0 saturated heterocycles. The van der Waals surface area contributed by atoms with Crippen molar-refractivity contribution in [2.45, 2.75) is 20.4 Å². The highest BCUT2D eigenvalue weighted by Crippen LogP contribution is 2.12. The Morgan fingerprint density at radius 1 is 1.08 bits per heavy atom. The zero-order chi connectivity index (χ0) is 18.7. The van der Waals surface area contributed by atoms with E-state index in [1.165, 1.54) is 34.9 Å². The zero-order valence-electron chi connectivity index (χ0n) is 14.6. The second-order valence-corrected chi connectivity index (χ2v) is 6.25. The van der Waals surface area contributed by atoms with E-state index in [0.29, 0.717) is 12.2 Å². The number of nitrogens with zero attached hydrogens (tertiary/aromatic N) is 1. The number of benzene rings is 2. The van der Waals surface area contributed by atoms with Crippen molar-refractivity contribution >= 4 is 11.6 Å². The van der Waals surface area contributed by atoms with Crippen molar-refractivity contribution in [3.05, 3.63) is 99.2 Å². The number of aryl methyl sites for hydroxylation is 2. The summed E-state index contributed by atoms with van der Waals surface area (Å²) < 4.78 is 14.5. The normalized spacial score (nSPS) is 10.6. The summed E-state index contributed by atoms with van der Waals surface area (Å²) in [6, 6.07) is 14.6. The number of hydrogen-bond donors (Lipinski definition) is 1. The minimum absolute atomic E-state index is 0.0436. The number of halogens is 1. The molecule has 1 amide bonds. The highest BCUT2D eigenvalue weighted by atomic mass is 19.1. The molecule has 3 rings (SSSR count). The largest absolute Gasteiger partial charge is 0.322 e. The van der Waals surface area contributed by atoms with Gasteiger partial charge < -0.3 is 9.88 Å². The van der Waals surface area contributed by atoms with Crippen LogP contribution in [-0.2, 0) is 6.54 Å². The lowest BCUT2D eigenvalue weighted by Gasteiger charge is -2.11. The average molecular weight is 350 g/mol. The van der Waals surface area contributed by atoms with Gasteiger partial charge in [0.1, 0.15) is 11.4 Å². The van der Waals surface area contributed by atoms with Crippen LogP contribution in [0, 0.1) is 19.7 Å². The summed E-state index contributed by atoms with van der Waals surface area (Å²) in [4.78, 5) is 25.1. The maximum atomic E-state index is 13.0. The summed E-state index contributed by atoms with van der Waals surface area (Å²) >= 11 is 0. The van der Waals surface area contributed by atoms with Gasteiger partial charge >= 0.3 is 0 Å². The molecule has 5 heteroatoms. The van der Waals surface area contributed by atoms with Gasteiger partial charge in [-0.05, 0) is 61.4 Å². The first-order valence-electron chi connectivity index (χ1n) is 8.26. The average Bonchev–Trinajstić information content (AvgIpc) is 2.62. The number of amides is 1. The molecule has 0 saturated carbocycles. The highest BCUT2D eigenvalue weighted by molar-refractivity contribution is 6.03. The molecule has 1 aromatic heterocycles. The number of aromatic nitrogens is 1. The second-order valence-electron chi connectivity index (χ2n) is 6.25. The molecule has 2 aromatic carbocycles. The van der Waals surface area contributed by atoms with E-state index in [0.717, 1.165) is 16.7 Å². The minimum atomic E-state index is -0.517. The van der Waals surface area contributed by atoms with Gasteiger partial charge in [0.05, 0.1) is 6.54 Å². The van der Waals surface area contributed by atoms with E-state index in [1.807, 2.05) is 32.0 Å². The van der Waals surface area contributed by atoms with Crippen molar-refractivity contribution in [1.29, 1.82) is 0 Å². The summed E-state index contributed by atoms with van der Waals surface area (Å²) in [5, 5.41) is 2.62. The molecule has 0 bridgehead atoms. The molecular formula is C21H19FN2O2. The Morgan fingerprint density at radius 2 is 1.81 bits per heavy atom. The third-order valence-corrected chi connectivity index (χ3v) is 4.21. The Kier molecular flexibility index (Phi) is 4.98. The van der Waals surface area contributed by atoms with Crippen LogP contribution in [0.2, 0.25) is 0 Å². The van der Waals surface area contributed by atoms with Gasteiger partial charge in [0, 0.05) is 11.9 Å². The van der Waals surface area contributed by atoms with Crippen LogP contribution < -0.4 is 10.9 Å². The summed E-state index contributed by atoms with van der Waals surface area (Å²) in [6.07, 6.45) is 1.67. The molecular weight excluding hydrogens is 331 g/mol. The Labute approximate surface area is 150 Å². The van der Waals surface area contributed by atoms with Crippen molar-refractivity contribution in [1.82, 2.24) is 4.57 Å². The van der Waals surface area contributed by atoms with Gasteiger partial charge in [-0.3, -0.25) is 9.59 Å². The predicted molar refractivity (Wildman–Crippen MR) is 100 cm³/mol. The molecule has 0 aliphatic carbocycles. The topological polar surface area (TPSA) is 51.1 Å². The van der Waals surface area contributed by atoms with Crippen LogP contribution in [-0.4, -0.2) is 10.5 Å². The molecule has 0 spiro atoms. The SMILES string of the molecule is Cc1ccc(C)c(Cn2cccc(C(=O)Nc3ccc(F)cc3)c2=O)c1. The van der Waals surface area contributed by atoms with E-state index in [1.54, 1.807) is 12.3 Å². The molecule has 1 heterocycles. The molecule has 1 N–H and O–H groups in total. The summed E-state index contributed by atoms with van der Waals surface area (Å²) in [7, 11) is 0. The van der Waals surface area contributed by atoms with E-state index >= 15 is 0 Å². The van der Waals surface area contributed by atoms with Crippen LogP contribution in [0.1, 0.15) is 27.0 Å². The number of nitrogens with one attached hydrogen (secondary N) is 1. The fourth-order valence-corrected chi connectivity index (χ4v) is 2.72. The number of carbonyl (C=O) groups is 1. The van der Waals surface area contributed by atoms with E-state index < -0.39 is 11.7 Å². The van der Waals surface area contributed by atoms with Crippen LogP contribution >= 0.6 is 0 Å². The molecule has 0 radical (unpaired) electrons. The molecule has 0 aliphatic heterocycles. The zero-order valence-corrected chi connectivity index (χ0v) is 14.6. The van der Waals surface area contributed by atoms with Gasteiger partial charge in [-0.1, -0.05) is 23.8 Å². The minimum Gasteiger partial charge on any atom is -0.322 e. The standard InChI is InChI=1S/C21H19FN2O2/c1-14-5-6-15(2)16(12-14)13-24-11-3-4-19(21(24)26)20(25)23-18-9-7-17(22)8-10-18/h3-12H,13H2,1-2H3,(H,23,25). The van der Waals surface area contributed by atoms with Crippen LogP contribution in [0.4, 0.5) is 10.1 Å². The Hall–Kier alpha value is -3.21. The number of rotatable bonds is 4. The first kappa shape index (κ1) is 17.6. The Balaban J connectivity index is 1.87. The third kappa shape index (κ3) is 3.88. The van der Waals surface area contributed by atoms with Crippen molar-refractivity contribution in [2.75, 3.05) is 5.32 Å². The molecule has 0 fully saturated rings. The van der Waals surface area contributed by atoms with Gasteiger partial charge in [0.25, 0.3) is 11.5 Å². The lowest BCUT2D eigenvalue weighted by atomic mass is 10.1. The molecule has 0 aliphatic rings. The number of hydrogen-bond acceptors (Lipinski definition) is 2. The van der Waals surface area contributed by atoms with Crippen molar-refractivity contribution in [3.63, 3.8) is 0 Å². The predicted octanol–water partition coefficient (Wildman–Crippen LogP) is 3.90. The molecule has 4 nitrogen and oxygen atoms in total. The Morgan fingerprint density at radius 3 is 2.54 bits per heavy atom. The monoisotopic (exact) mass is 350 g/mol. The van der Waals surface area contributed by atoms with Gasteiger partial charge in [0.2, 0.25) is 0 Å². The van der Waals surface area contributed by atoms with E-state index in [-0.39, 0.29) is 11.1 Å². The second kappa shape index (κ2) is 7.35. The van der Waals surface area contributed by atoms with Crippen molar-refractivity contribution in [3.8, 4) is 0 Å². The van der Waals surface area contributed by atoms with Gasteiger partial charge in [-0.2, -0.15) is 0 Å². The van der Waals surface area contributed by atoms with E-state index in [4.69, 9.17) is 0 Å². The first-order valence-corrected chi connectivity index (χ1v) is 8.26. The van der Waals surface area contributed by atoms with Gasteiger partial charge in [-0.25, -0.2) is 4.39 Å². The maximum Gasteiger partial charge on any atom is 0.263 e. The molecule has 0 atom stereocenters. The maximum absolute atomic E-state index is 13.0. The summed E-state index contributed by atoms with van der Waals surface area (Å²) in [5.41, 5.74) is 3.34. The van der Waals surface area contributed by atoms with Crippen LogP contribution in [0.25, 0.3) is 0 Å². The van der Waals surface area contributed by atoms with Crippen LogP contribution in [0.15, 0.2) is 65.6 Å². The fraction of sp³-hybridized carbons (Fsp3) is 0.143. The summed E-state index contributed by atoms with van der Waals surface area (Å²) in [5.74, 6) is -0.907. The number of pyridine rings is 1. The molecule has 26 heavy (non-hydrogen) atoms. The molecule has 3 aromatic rings. The fourth-order valence-electron chi connectivity index (χ4n) is 2.72. The lowest BCUT2D eigenvalue weighted by molar-refractivity contribution is 0.102. The highest BCUT2D eigenvalue weighted by Gasteiger charge is 2.13. The van der Waals surface area contributed by atoms with Gasteiger partial charge in [-0.15, -0.1) is 0 Å². The molecule has 132 valence electrons.